The van der Waals surface area contributed by atoms with E-state index in [-0.39, 0.29) is 17.1 Å². The molecule has 10 heteroatoms. The van der Waals surface area contributed by atoms with E-state index in [9.17, 15) is 13.2 Å². The maximum atomic E-state index is 12.6. The minimum absolute atomic E-state index is 0.0211. The van der Waals surface area contributed by atoms with Crippen molar-refractivity contribution in [2.75, 3.05) is 14.2 Å². The summed E-state index contributed by atoms with van der Waals surface area (Å²) in [5.74, 6) is 0.892. The van der Waals surface area contributed by atoms with Crippen molar-refractivity contribution in [3.05, 3.63) is 47.8 Å². The maximum Gasteiger partial charge on any atom is 0.338 e. The van der Waals surface area contributed by atoms with Gasteiger partial charge < -0.3 is 18.8 Å². The number of hydrogen-bond donors (Lipinski definition) is 1. The molecule has 0 atom stereocenters. The average molecular weight is 448 g/mol. The molecule has 1 heterocycles. The largest absolute Gasteiger partial charge is 0.497 e. The molecule has 0 aliphatic rings. The highest BCUT2D eigenvalue weighted by Gasteiger charge is 2.17. The van der Waals surface area contributed by atoms with Crippen molar-refractivity contribution < 1.29 is 27.4 Å². The Balaban J connectivity index is 1.90. The van der Waals surface area contributed by atoms with Gasteiger partial charge in [0.15, 0.2) is 0 Å². The van der Waals surface area contributed by atoms with Gasteiger partial charge in [-0.15, -0.1) is 0 Å². The molecule has 166 valence electrons. The predicted octanol–water partition coefficient (Wildman–Crippen LogP) is 2.86. The van der Waals surface area contributed by atoms with E-state index in [0.717, 1.165) is 18.4 Å². The van der Waals surface area contributed by atoms with E-state index in [2.05, 4.69) is 11.9 Å². The van der Waals surface area contributed by atoms with Gasteiger partial charge in [-0.25, -0.2) is 23.3 Å². The van der Waals surface area contributed by atoms with Crippen LogP contribution in [0.5, 0.6) is 11.5 Å². The summed E-state index contributed by atoms with van der Waals surface area (Å²) in [6.07, 6.45) is 1.84. The van der Waals surface area contributed by atoms with Crippen LogP contribution in [0.25, 0.3) is 11.0 Å². The molecule has 0 bridgehead atoms. The number of ether oxygens (including phenoxy) is 3. The van der Waals surface area contributed by atoms with Crippen LogP contribution in [0.1, 0.15) is 35.9 Å². The van der Waals surface area contributed by atoms with Crippen molar-refractivity contribution in [3.63, 3.8) is 0 Å². The van der Waals surface area contributed by atoms with Crippen LogP contribution in [0.15, 0.2) is 41.3 Å². The number of aromatic nitrogens is 2. The van der Waals surface area contributed by atoms with Crippen LogP contribution in [0.3, 0.4) is 0 Å². The number of esters is 1. The normalized spacial score (nSPS) is 11.5. The molecule has 0 radical (unpaired) electrons. The third kappa shape index (κ3) is 5.15. The fourth-order valence-corrected chi connectivity index (χ4v) is 3.68. The Bertz CT molecular complexity index is 1180. The van der Waals surface area contributed by atoms with Crippen LogP contribution < -0.4 is 14.6 Å². The van der Waals surface area contributed by atoms with E-state index in [1.54, 1.807) is 24.3 Å². The Morgan fingerprint density at radius 2 is 1.77 bits per heavy atom. The van der Waals surface area contributed by atoms with Gasteiger partial charge in [0.1, 0.15) is 23.9 Å². The first-order valence-electron chi connectivity index (χ1n) is 9.69. The van der Waals surface area contributed by atoms with Crippen molar-refractivity contribution in [1.82, 2.24) is 9.55 Å². The zero-order chi connectivity index (χ0) is 22.6. The molecular weight excluding hydrogens is 422 g/mol. The quantitative estimate of drug-likeness (QED) is 0.500. The van der Waals surface area contributed by atoms with Crippen molar-refractivity contribution in [3.8, 4) is 11.5 Å². The summed E-state index contributed by atoms with van der Waals surface area (Å²) in [5, 5.41) is 5.23. The summed E-state index contributed by atoms with van der Waals surface area (Å²) in [7, 11) is -0.857. The molecule has 9 nitrogen and oxygen atoms in total. The van der Waals surface area contributed by atoms with Gasteiger partial charge >= 0.3 is 5.97 Å². The minimum atomic E-state index is -3.85. The van der Waals surface area contributed by atoms with E-state index < -0.39 is 16.0 Å². The molecule has 31 heavy (non-hydrogen) atoms. The van der Waals surface area contributed by atoms with Gasteiger partial charge in [-0.3, -0.25) is 0 Å². The van der Waals surface area contributed by atoms with Gasteiger partial charge in [-0.05, 0) is 36.8 Å². The lowest BCUT2D eigenvalue weighted by molar-refractivity contribution is 0.0457. The number of nitrogens with two attached hydrogens (primary N) is 1. The standard InChI is InChI=1S/C21H25N3O6S/c1-4-5-8-24-19-7-6-17(31(22,26)27)12-18(19)23-20(24)13-30-21(25)14-9-15(28-2)11-16(10-14)29-3/h6-7,9-12H,4-5,8,13H2,1-3H3,(H2,22,26,27). The van der Waals surface area contributed by atoms with Gasteiger partial charge in [-0.1, -0.05) is 13.3 Å². The minimum Gasteiger partial charge on any atom is -0.497 e. The lowest BCUT2D eigenvalue weighted by Crippen LogP contribution is -2.12. The Kier molecular flexibility index (Phi) is 6.81. The van der Waals surface area contributed by atoms with Crippen LogP contribution in [0, 0.1) is 0 Å². The van der Waals surface area contributed by atoms with E-state index in [4.69, 9.17) is 19.3 Å². The fraction of sp³-hybridized carbons (Fsp3) is 0.333. The number of fused-ring (bicyclic) bond motifs is 1. The Hall–Kier alpha value is -3.11. The fourth-order valence-electron chi connectivity index (χ4n) is 3.15. The third-order valence-corrected chi connectivity index (χ3v) is 5.69. The number of sulfonamides is 1. The molecule has 0 unspecified atom stereocenters. The number of carbonyl (C=O) groups excluding carboxylic acids is 1. The lowest BCUT2D eigenvalue weighted by Gasteiger charge is -2.11. The number of methoxy groups -OCH3 is 2. The highest BCUT2D eigenvalue weighted by molar-refractivity contribution is 7.89. The first-order valence-corrected chi connectivity index (χ1v) is 11.2. The van der Waals surface area contributed by atoms with Crippen LogP contribution in [-0.2, 0) is 27.9 Å². The van der Waals surface area contributed by atoms with Crippen LogP contribution >= 0.6 is 0 Å². The molecule has 0 spiro atoms. The number of imidazole rings is 1. The molecule has 0 saturated carbocycles. The average Bonchev–Trinajstić information content (AvgIpc) is 3.11. The van der Waals surface area contributed by atoms with Crippen LogP contribution in [0.4, 0.5) is 0 Å². The zero-order valence-electron chi connectivity index (χ0n) is 17.6. The Labute approximate surface area is 180 Å². The lowest BCUT2D eigenvalue weighted by atomic mass is 10.2. The number of unbranched alkanes of at least 4 members (excludes halogenated alkanes) is 1. The molecule has 2 aromatic carbocycles. The number of aryl methyl sites for hydroxylation is 1. The van der Waals surface area contributed by atoms with Gasteiger partial charge in [0, 0.05) is 12.6 Å². The third-order valence-electron chi connectivity index (χ3n) is 4.78. The Morgan fingerprint density at radius 1 is 1.10 bits per heavy atom. The van der Waals surface area contributed by atoms with Crippen molar-refractivity contribution in [1.29, 1.82) is 0 Å². The van der Waals surface area contributed by atoms with Crippen molar-refractivity contribution in [2.45, 2.75) is 37.8 Å². The summed E-state index contributed by atoms with van der Waals surface area (Å²) in [6.45, 7) is 2.64. The van der Waals surface area contributed by atoms with Crippen molar-refractivity contribution in [2.24, 2.45) is 5.14 Å². The molecule has 1 aromatic heterocycles. The number of benzene rings is 2. The predicted molar refractivity (Wildman–Crippen MR) is 115 cm³/mol. The molecule has 0 aliphatic carbocycles. The van der Waals surface area contributed by atoms with Gasteiger partial charge in [0.05, 0.1) is 35.7 Å². The second-order valence-electron chi connectivity index (χ2n) is 6.91. The monoisotopic (exact) mass is 447 g/mol. The number of carbonyl (C=O) groups is 1. The van der Waals surface area contributed by atoms with Gasteiger partial charge in [0.2, 0.25) is 10.0 Å². The number of hydrogen-bond acceptors (Lipinski definition) is 7. The molecule has 0 saturated heterocycles. The topological polar surface area (TPSA) is 123 Å². The van der Waals surface area contributed by atoms with Gasteiger partial charge in [0.25, 0.3) is 0 Å². The summed E-state index contributed by atoms with van der Waals surface area (Å²) in [6, 6.07) is 9.30. The molecular formula is C21H25N3O6S. The molecule has 0 fully saturated rings. The van der Waals surface area contributed by atoms with Crippen molar-refractivity contribution >= 4 is 27.0 Å². The molecule has 0 amide bonds. The Morgan fingerprint density at radius 3 is 2.35 bits per heavy atom. The SMILES string of the molecule is CCCCn1c(COC(=O)c2cc(OC)cc(OC)c2)nc2cc(S(N)(=O)=O)ccc21. The van der Waals surface area contributed by atoms with Crippen LogP contribution in [-0.4, -0.2) is 38.2 Å². The van der Waals surface area contributed by atoms with Gasteiger partial charge in [-0.2, -0.15) is 0 Å². The first-order chi connectivity index (χ1) is 14.8. The summed E-state index contributed by atoms with van der Waals surface area (Å²) in [5.41, 5.74) is 1.50. The molecule has 2 N–H and O–H groups in total. The number of primary sulfonamides is 1. The first kappa shape index (κ1) is 22.6. The highest BCUT2D eigenvalue weighted by Crippen LogP contribution is 2.24. The molecule has 3 aromatic rings. The number of nitrogens with zero attached hydrogens (tertiary/aromatic N) is 2. The second kappa shape index (κ2) is 9.36. The zero-order valence-corrected chi connectivity index (χ0v) is 18.4. The smallest absolute Gasteiger partial charge is 0.338 e. The van der Waals surface area contributed by atoms with E-state index in [0.29, 0.717) is 29.4 Å². The highest BCUT2D eigenvalue weighted by atomic mass is 32.2. The summed E-state index contributed by atoms with van der Waals surface area (Å²) < 4.78 is 41.1. The second-order valence-corrected chi connectivity index (χ2v) is 8.47. The van der Waals surface area contributed by atoms with E-state index in [1.807, 2.05) is 4.57 Å². The maximum absolute atomic E-state index is 12.6. The molecule has 0 aliphatic heterocycles. The molecule has 3 rings (SSSR count). The van der Waals surface area contributed by atoms with Crippen LogP contribution in [0.2, 0.25) is 0 Å². The number of rotatable bonds is 9. The summed E-state index contributed by atoms with van der Waals surface area (Å²) in [4.78, 5) is 17.1. The van der Waals surface area contributed by atoms with E-state index in [1.165, 1.54) is 26.4 Å². The summed E-state index contributed by atoms with van der Waals surface area (Å²) >= 11 is 0. The van der Waals surface area contributed by atoms with E-state index >= 15 is 0 Å².